The molecule has 2 bridgehead atoms. The van der Waals surface area contributed by atoms with E-state index < -0.39 is 11.2 Å². The zero-order chi connectivity index (χ0) is 27.0. The molecule has 3 aliphatic rings. The van der Waals surface area contributed by atoms with Crippen LogP contribution >= 0.6 is 11.6 Å². The number of carbonyl (C=O) groups is 2. The van der Waals surface area contributed by atoms with Gasteiger partial charge in [0.05, 0.1) is 11.2 Å². The Morgan fingerprint density at radius 2 is 1.92 bits per heavy atom. The lowest BCUT2D eigenvalue weighted by Crippen LogP contribution is -2.54. The lowest BCUT2D eigenvalue weighted by molar-refractivity contribution is -0.139. The van der Waals surface area contributed by atoms with Crippen LogP contribution in [-0.4, -0.2) is 57.8 Å². The molecule has 2 amide bonds. The largest absolute Gasteiger partial charge is 0.537 e. The molecule has 0 aromatic carbocycles. The van der Waals surface area contributed by atoms with Crippen LogP contribution in [0.5, 0.6) is 0 Å². The first-order chi connectivity index (χ1) is 17.3. The molecule has 37 heavy (non-hydrogen) atoms. The number of rotatable bonds is 8. The van der Waals surface area contributed by atoms with E-state index in [1.807, 2.05) is 6.07 Å². The number of ether oxygens (including phenoxy) is 1. The Balaban J connectivity index is 1.34. The summed E-state index contributed by atoms with van der Waals surface area (Å²) in [6.45, 7) is 10.9. The van der Waals surface area contributed by atoms with Crippen LogP contribution in [0.25, 0.3) is 0 Å². The lowest BCUT2D eigenvalue weighted by atomic mass is 9.96. The molecule has 2 aliphatic heterocycles. The summed E-state index contributed by atoms with van der Waals surface area (Å²) in [5, 5.41) is 16.3. The van der Waals surface area contributed by atoms with Crippen molar-refractivity contribution in [3.05, 3.63) is 65.4 Å². The maximum absolute atomic E-state index is 13.2. The van der Waals surface area contributed by atoms with E-state index in [1.54, 1.807) is 58.5 Å². The molecule has 0 radical (unpaired) electrons. The second-order valence-corrected chi connectivity index (χ2v) is 11.6. The second kappa shape index (κ2) is 10.4. The predicted molar refractivity (Wildman–Crippen MR) is 144 cm³/mol. The number of allylic oxidation sites excluding steroid dienone is 3. The van der Waals surface area contributed by atoms with Gasteiger partial charge in [-0.25, -0.2) is 4.98 Å². The molecular formula is C28H36ClN4O4-. The summed E-state index contributed by atoms with van der Waals surface area (Å²) in [5.41, 5.74) is -0.960. The lowest BCUT2D eigenvalue weighted by Gasteiger charge is -2.41. The summed E-state index contributed by atoms with van der Waals surface area (Å²) < 4.78 is 6.02. The number of hydrogen-bond acceptors (Lipinski definition) is 6. The fourth-order valence-corrected chi connectivity index (χ4v) is 5.26. The van der Waals surface area contributed by atoms with Gasteiger partial charge in [0.1, 0.15) is 5.82 Å². The van der Waals surface area contributed by atoms with Crippen LogP contribution < -0.4 is 15.5 Å². The summed E-state index contributed by atoms with van der Waals surface area (Å²) in [6, 6.07) is 4.21. The molecule has 4 rings (SSSR count). The van der Waals surface area contributed by atoms with Gasteiger partial charge in [-0.15, -0.1) is 42.3 Å². The van der Waals surface area contributed by atoms with Gasteiger partial charge >= 0.3 is 0 Å². The molecule has 1 aromatic rings. The van der Waals surface area contributed by atoms with E-state index >= 15 is 0 Å². The van der Waals surface area contributed by atoms with E-state index in [-0.39, 0.29) is 36.5 Å². The van der Waals surface area contributed by atoms with Crippen molar-refractivity contribution in [1.82, 2.24) is 15.6 Å². The van der Waals surface area contributed by atoms with Gasteiger partial charge in [-0.05, 0) is 65.5 Å². The number of aliphatic hydroxyl groups is 1. The summed E-state index contributed by atoms with van der Waals surface area (Å²) in [4.78, 5) is 32.4. The average molecular weight is 528 g/mol. The number of amides is 2. The maximum atomic E-state index is 13.2. The molecule has 2 fully saturated rings. The van der Waals surface area contributed by atoms with Crippen molar-refractivity contribution in [2.75, 3.05) is 11.4 Å². The topological polar surface area (TPSA) is 104 Å². The van der Waals surface area contributed by atoms with Crippen LogP contribution in [0.1, 0.15) is 63.7 Å². The molecule has 1 aliphatic carbocycles. The van der Waals surface area contributed by atoms with Gasteiger partial charge in [0.15, 0.2) is 5.60 Å². The Kier molecular flexibility index (Phi) is 7.62. The highest BCUT2D eigenvalue weighted by Crippen LogP contribution is 2.39. The van der Waals surface area contributed by atoms with Crippen molar-refractivity contribution >= 4 is 29.2 Å². The van der Waals surface area contributed by atoms with Gasteiger partial charge in [0, 0.05) is 36.6 Å². The average Bonchev–Trinajstić information content (AvgIpc) is 3.09. The van der Waals surface area contributed by atoms with Crippen molar-refractivity contribution in [2.45, 2.75) is 82.7 Å². The maximum Gasteiger partial charge on any atom is 0.262 e. The molecule has 2 unspecified atom stereocenters. The van der Waals surface area contributed by atoms with Gasteiger partial charge in [0.2, 0.25) is 0 Å². The van der Waals surface area contributed by atoms with Crippen LogP contribution in [0.2, 0.25) is 0 Å². The molecule has 0 saturated carbocycles. The number of fused-ring (bicyclic) bond motifs is 2. The Hall–Kier alpha value is -2.97. The molecule has 1 aromatic heterocycles. The van der Waals surface area contributed by atoms with Crippen molar-refractivity contribution in [3.8, 4) is 0 Å². The Labute approximate surface area is 223 Å². The third kappa shape index (κ3) is 6.48. The minimum Gasteiger partial charge on any atom is -0.537 e. The van der Waals surface area contributed by atoms with E-state index in [1.165, 1.54) is 0 Å². The van der Waals surface area contributed by atoms with Gasteiger partial charge in [-0.1, -0.05) is 5.03 Å². The van der Waals surface area contributed by atoms with Gasteiger partial charge in [-0.3, -0.25) is 9.59 Å². The van der Waals surface area contributed by atoms with Crippen LogP contribution in [0.4, 0.5) is 5.82 Å². The zero-order valence-electron chi connectivity index (χ0n) is 21.9. The van der Waals surface area contributed by atoms with Gasteiger partial charge < -0.3 is 25.4 Å². The van der Waals surface area contributed by atoms with E-state index in [4.69, 9.17) is 16.3 Å². The molecule has 3 heterocycles. The Bertz CT molecular complexity index is 1110. The summed E-state index contributed by atoms with van der Waals surface area (Å²) >= 11 is 6.01. The normalized spacial score (nSPS) is 23.6. The third-order valence-corrected chi connectivity index (χ3v) is 7.19. The first-order valence-corrected chi connectivity index (χ1v) is 13.1. The smallest absolute Gasteiger partial charge is 0.262 e. The minimum absolute atomic E-state index is 0.0421. The molecule has 2 atom stereocenters. The number of aromatic nitrogens is 1. The highest BCUT2D eigenvalue weighted by molar-refractivity contribution is 6.31. The number of nitrogens with one attached hydrogen (secondary N) is 2. The molecule has 0 spiro atoms. The summed E-state index contributed by atoms with van der Waals surface area (Å²) in [6.07, 6.45) is 10.4. The third-order valence-electron chi connectivity index (χ3n) is 6.96. The summed E-state index contributed by atoms with van der Waals surface area (Å²) in [7, 11) is 0. The fraction of sp³-hybridized carbons (Fsp3) is 0.500. The van der Waals surface area contributed by atoms with Crippen molar-refractivity contribution in [3.63, 3.8) is 0 Å². The highest BCUT2D eigenvalue weighted by Gasteiger charge is 2.43. The van der Waals surface area contributed by atoms with Crippen molar-refractivity contribution in [2.24, 2.45) is 0 Å². The SMILES string of the molecule is C=C1C=C(Cl)[CH-]C=C1OC(C)(C)C(=O)NC1CC2CCC(C1)N2c1ccc(C(=O)NCC(C)(C)O)cn1. The van der Waals surface area contributed by atoms with E-state index in [9.17, 15) is 14.7 Å². The number of anilines is 1. The molecule has 200 valence electrons. The van der Waals surface area contributed by atoms with E-state index in [2.05, 4.69) is 27.1 Å². The van der Waals surface area contributed by atoms with Crippen molar-refractivity contribution in [1.29, 1.82) is 0 Å². The van der Waals surface area contributed by atoms with Gasteiger partial charge in [-0.2, -0.15) is 0 Å². The second-order valence-electron chi connectivity index (χ2n) is 11.2. The Morgan fingerprint density at radius 3 is 2.49 bits per heavy atom. The summed E-state index contributed by atoms with van der Waals surface area (Å²) in [5.74, 6) is 0.938. The predicted octanol–water partition coefficient (Wildman–Crippen LogP) is 3.77. The quantitative estimate of drug-likeness (QED) is 0.445. The highest BCUT2D eigenvalue weighted by atomic mass is 35.5. The Morgan fingerprint density at radius 1 is 1.24 bits per heavy atom. The zero-order valence-corrected chi connectivity index (χ0v) is 22.6. The van der Waals surface area contributed by atoms with Crippen LogP contribution in [-0.2, 0) is 9.53 Å². The number of hydrogen-bond donors (Lipinski definition) is 3. The molecular weight excluding hydrogens is 492 g/mol. The number of halogens is 1. The molecule has 2 saturated heterocycles. The fourth-order valence-electron chi connectivity index (χ4n) is 5.07. The molecule has 3 N–H and O–H groups in total. The first kappa shape index (κ1) is 27.1. The number of nitrogens with zero attached hydrogens (tertiary/aromatic N) is 2. The van der Waals surface area contributed by atoms with Crippen LogP contribution in [0, 0.1) is 6.42 Å². The van der Waals surface area contributed by atoms with Crippen LogP contribution in [0.3, 0.4) is 0 Å². The minimum atomic E-state index is -1.07. The van der Waals surface area contributed by atoms with E-state index in [0.29, 0.717) is 21.9 Å². The van der Waals surface area contributed by atoms with Crippen LogP contribution in [0.15, 0.2) is 53.4 Å². The van der Waals surface area contributed by atoms with E-state index in [0.717, 1.165) is 31.5 Å². The molecule has 8 nitrogen and oxygen atoms in total. The molecule has 9 heteroatoms. The number of carbonyl (C=O) groups excluding carboxylic acids is 2. The first-order valence-electron chi connectivity index (χ1n) is 12.7. The van der Waals surface area contributed by atoms with Crippen molar-refractivity contribution < 1.29 is 19.4 Å². The standard InChI is InChI=1S/C28H36ClN4O4/c1-17-12-19(29)7-10-23(17)37-28(4,5)26(35)32-20-13-21-8-9-22(14-20)33(21)24-11-6-18(15-30-24)25(34)31-16-27(2,3)36/h6-7,10-12,15,20-22,36H,1,8-9,13-14,16H2,2-5H3,(H,31,34)(H,32,35)/q-1. The van der Waals surface area contributed by atoms with Gasteiger partial charge in [0.25, 0.3) is 11.8 Å². The monoisotopic (exact) mass is 527 g/mol. The number of pyridine rings is 1. The number of piperidine rings is 1.